The van der Waals surface area contributed by atoms with Gasteiger partial charge in [-0.2, -0.15) is 5.10 Å². The van der Waals surface area contributed by atoms with Gasteiger partial charge in [-0.05, 0) is 44.4 Å². The first kappa shape index (κ1) is 18.3. The van der Waals surface area contributed by atoms with E-state index in [1.54, 1.807) is 11.1 Å². The van der Waals surface area contributed by atoms with E-state index >= 15 is 0 Å². The highest BCUT2D eigenvalue weighted by molar-refractivity contribution is 5.76. The molecular formula is C19H24N4O3. The number of amides is 1. The largest absolute Gasteiger partial charge is 0.370 e. The Labute approximate surface area is 152 Å². The van der Waals surface area contributed by atoms with Crippen molar-refractivity contribution in [2.75, 3.05) is 13.1 Å². The smallest absolute Gasteiger partial charge is 0.267 e. The minimum atomic E-state index is -0.249. The van der Waals surface area contributed by atoms with Crippen LogP contribution in [0.15, 0.2) is 35.3 Å². The van der Waals surface area contributed by atoms with Crippen LogP contribution < -0.4 is 5.56 Å². The molecule has 0 radical (unpaired) electrons. The topological polar surface area (TPSA) is 77.3 Å². The summed E-state index contributed by atoms with van der Waals surface area (Å²) in [6.45, 7) is 5.29. The summed E-state index contributed by atoms with van der Waals surface area (Å²) in [6, 6.07) is 7.23. The monoisotopic (exact) mass is 356 g/mol. The predicted octanol–water partition coefficient (Wildman–Crippen LogP) is 1.46. The van der Waals surface area contributed by atoms with Crippen LogP contribution >= 0.6 is 0 Å². The molecule has 2 aromatic heterocycles. The lowest BCUT2D eigenvalue weighted by molar-refractivity contribution is -0.136. The predicted molar refractivity (Wildman–Crippen MR) is 96.6 cm³/mol. The number of aryl methyl sites for hydroxylation is 2. The molecule has 7 heteroatoms. The van der Waals surface area contributed by atoms with Crippen molar-refractivity contribution in [3.05, 3.63) is 57.8 Å². The Balaban J connectivity index is 1.58. The van der Waals surface area contributed by atoms with E-state index in [0.717, 1.165) is 29.8 Å². The molecule has 0 aromatic carbocycles. The van der Waals surface area contributed by atoms with Crippen LogP contribution in [0.2, 0.25) is 0 Å². The summed E-state index contributed by atoms with van der Waals surface area (Å²) in [5, 5.41) is 4.22. The van der Waals surface area contributed by atoms with E-state index in [1.165, 1.54) is 10.7 Å². The fourth-order valence-electron chi connectivity index (χ4n) is 3.00. The number of ether oxygens (including phenoxy) is 1. The lowest BCUT2D eigenvalue weighted by Gasteiger charge is -2.32. The van der Waals surface area contributed by atoms with Gasteiger partial charge in [-0.3, -0.25) is 14.6 Å². The highest BCUT2D eigenvalue weighted by Crippen LogP contribution is 2.15. The van der Waals surface area contributed by atoms with Gasteiger partial charge in [-0.15, -0.1) is 0 Å². The van der Waals surface area contributed by atoms with Crippen LogP contribution in [-0.4, -0.2) is 44.8 Å². The van der Waals surface area contributed by atoms with Crippen LogP contribution in [0, 0.1) is 13.8 Å². The Kier molecular flexibility index (Phi) is 5.78. The average Bonchev–Trinajstić information content (AvgIpc) is 2.65. The first-order valence-electron chi connectivity index (χ1n) is 8.87. The van der Waals surface area contributed by atoms with E-state index in [2.05, 4.69) is 10.1 Å². The van der Waals surface area contributed by atoms with Gasteiger partial charge in [0.2, 0.25) is 5.91 Å². The van der Waals surface area contributed by atoms with Gasteiger partial charge in [0.25, 0.3) is 5.56 Å². The normalized spacial score (nSPS) is 17.3. The molecule has 0 saturated carbocycles. The van der Waals surface area contributed by atoms with Crippen molar-refractivity contribution in [1.29, 1.82) is 0 Å². The van der Waals surface area contributed by atoms with Crippen molar-refractivity contribution >= 4 is 5.91 Å². The number of pyridine rings is 1. The number of nitrogens with zero attached hydrogens (tertiary/aromatic N) is 4. The lowest BCUT2D eigenvalue weighted by atomic mass is 10.1. The first-order valence-corrected chi connectivity index (χ1v) is 8.87. The maximum atomic E-state index is 12.6. The molecule has 26 heavy (non-hydrogen) atoms. The van der Waals surface area contributed by atoms with Crippen LogP contribution in [0.25, 0.3) is 0 Å². The molecule has 1 unspecified atom stereocenters. The Morgan fingerprint density at radius 3 is 2.96 bits per heavy atom. The van der Waals surface area contributed by atoms with Gasteiger partial charge in [-0.1, -0.05) is 6.07 Å². The second kappa shape index (κ2) is 8.23. The number of aromatic nitrogens is 3. The molecule has 138 valence electrons. The molecule has 0 N–H and O–H groups in total. The summed E-state index contributed by atoms with van der Waals surface area (Å²) in [7, 11) is 0. The molecule has 1 atom stereocenters. The van der Waals surface area contributed by atoms with Gasteiger partial charge in [0, 0.05) is 25.4 Å². The third-order valence-electron chi connectivity index (χ3n) is 4.64. The number of likely N-dealkylation sites (tertiary alicyclic amines) is 1. The number of rotatable bonds is 5. The lowest BCUT2D eigenvalue weighted by Crippen LogP contribution is -2.45. The quantitative estimate of drug-likeness (QED) is 0.811. The Morgan fingerprint density at radius 2 is 2.19 bits per heavy atom. The van der Waals surface area contributed by atoms with E-state index in [4.69, 9.17) is 4.74 Å². The number of hydrogen-bond donors (Lipinski definition) is 0. The second-order valence-electron chi connectivity index (χ2n) is 6.64. The highest BCUT2D eigenvalue weighted by atomic mass is 16.5. The molecule has 0 bridgehead atoms. The molecule has 1 fully saturated rings. The summed E-state index contributed by atoms with van der Waals surface area (Å²) >= 11 is 0. The van der Waals surface area contributed by atoms with Crippen LogP contribution in [0.3, 0.4) is 0 Å². The van der Waals surface area contributed by atoms with Crippen molar-refractivity contribution in [1.82, 2.24) is 19.7 Å². The highest BCUT2D eigenvalue weighted by Gasteiger charge is 2.25. The van der Waals surface area contributed by atoms with Gasteiger partial charge in [0.05, 0.1) is 24.1 Å². The summed E-state index contributed by atoms with van der Waals surface area (Å²) in [5.41, 5.74) is 2.22. The molecule has 3 rings (SSSR count). The summed E-state index contributed by atoms with van der Waals surface area (Å²) < 4.78 is 7.16. The standard InChI is InChI=1S/C19H24N4O3/c1-14-10-18(24)23(21-15(14)2)12-19(25)22-9-5-7-17(11-22)26-13-16-6-3-4-8-20-16/h3-4,6,8,10,17H,5,7,9,11-13H2,1-2H3. The number of carbonyl (C=O) groups excluding carboxylic acids is 1. The molecule has 3 heterocycles. The zero-order valence-corrected chi connectivity index (χ0v) is 15.2. The van der Waals surface area contributed by atoms with Gasteiger partial charge in [0.15, 0.2) is 0 Å². The minimum absolute atomic E-state index is 0.0147. The van der Waals surface area contributed by atoms with E-state index in [0.29, 0.717) is 19.7 Å². The SMILES string of the molecule is Cc1cc(=O)n(CC(=O)N2CCCC(OCc3ccccn3)C2)nc1C. The molecular weight excluding hydrogens is 332 g/mol. The van der Waals surface area contributed by atoms with Crippen molar-refractivity contribution < 1.29 is 9.53 Å². The number of carbonyl (C=O) groups is 1. The third-order valence-corrected chi connectivity index (χ3v) is 4.64. The Morgan fingerprint density at radius 1 is 1.35 bits per heavy atom. The number of hydrogen-bond acceptors (Lipinski definition) is 5. The van der Waals surface area contributed by atoms with Gasteiger partial charge < -0.3 is 9.64 Å². The fraction of sp³-hybridized carbons (Fsp3) is 0.474. The molecule has 7 nitrogen and oxygen atoms in total. The second-order valence-corrected chi connectivity index (χ2v) is 6.64. The van der Waals surface area contributed by atoms with Gasteiger partial charge in [-0.25, -0.2) is 4.68 Å². The maximum absolute atomic E-state index is 12.6. The summed E-state index contributed by atoms with van der Waals surface area (Å²) in [4.78, 5) is 30.6. The van der Waals surface area contributed by atoms with Gasteiger partial charge in [0.1, 0.15) is 6.54 Å². The zero-order chi connectivity index (χ0) is 18.5. The van der Waals surface area contributed by atoms with E-state index in [-0.39, 0.29) is 24.1 Å². The van der Waals surface area contributed by atoms with E-state index in [9.17, 15) is 9.59 Å². The maximum Gasteiger partial charge on any atom is 0.267 e. The molecule has 2 aromatic rings. The van der Waals surface area contributed by atoms with Gasteiger partial charge >= 0.3 is 0 Å². The summed E-state index contributed by atoms with van der Waals surface area (Å²) in [5.74, 6) is -0.103. The molecule has 1 aliphatic rings. The van der Waals surface area contributed by atoms with Crippen LogP contribution in [0.4, 0.5) is 0 Å². The third kappa shape index (κ3) is 4.54. The first-order chi connectivity index (χ1) is 12.5. The van der Waals surface area contributed by atoms with E-state index < -0.39 is 0 Å². The van der Waals surface area contributed by atoms with Crippen LogP contribution in [-0.2, 0) is 22.7 Å². The Bertz CT molecular complexity index is 819. The molecule has 0 spiro atoms. The minimum Gasteiger partial charge on any atom is -0.370 e. The Hall–Kier alpha value is -2.54. The van der Waals surface area contributed by atoms with Crippen molar-refractivity contribution in [2.45, 2.75) is 45.9 Å². The molecule has 1 aliphatic heterocycles. The van der Waals surface area contributed by atoms with Crippen molar-refractivity contribution in [3.63, 3.8) is 0 Å². The molecule has 1 amide bonds. The van der Waals surface area contributed by atoms with Crippen LogP contribution in [0.1, 0.15) is 29.8 Å². The molecule has 0 aliphatic carbocycles. The zero-order valence-electron chi connectivity index (χ0n) is 15.2. The average molecular weight is 356 g/mol. The molecule has 1 saturated heterocycles. The number of piperidine rings is 1. The van der Waals surface area contributed by atoms with Crippen molar-refractivity contribution in [2.24, 2.45) is 0 Å². The van der Waals surface area contributed by atoms with Crippen molar-refractivity contribution in [3.8, 4) is 0 Å². The van der Waals surface area contributed by atoms with E-state index in [1.807, 2.05) is 32.0 Å². The van der Waals surface area contributed by atoms with Crippen LogP contribution in [0.5, 0.6) is 0 Å². The summed E-state index contributed by atoms with van der Waals surface area (Å²) in [6.07, 6.45) is 3.52. The fourth-order valence-corrected chi connectivity index (χ4v) is 3.00.